The number of benzene rings is 1. The largest absolute Gasteiger partial charge is 0.504 e. The average Bonchev–Trinajstić information content (AvgIpc) is 2.42. The Morgan fingerprint density at radius 3 is 2.89 bits per heavy atom. The van der Waals surface area contributed by atoms with Gasteiger partial charge in [-0.25, -0.2) is 9.97 Å². The first-order valence-electron chi connectivity index (χ1n) is 5.61. The minimum atomic E-state index is 0.176. The zero-order valence-electron chi connectivity index (χ0n) is 10.1. The molecule has 2 N–H and O–H groups in total. The molecule has 94 valence electrons. The van der Waals surface area contributed by atoms with Crippen molar-refractivity contribution in [2.75, 3.05) is 7.11 Å². The fraction of sp³-hybridized carbons (Fsp3) is 0.231. The number of phenolic OH excluding ortho intramolecular Hbond substituents is 1. The lowest BCUT2D eigenvalue weighted by molar-refractivity contribution is 0.369. The van der Waals surface area contributed by atoms with Crippen LogP contribution in [0.5, 0.6) is 11.5 Å². The number of phenols is 1. The van der Waals surface area contributed by atoms with Crippen LogP contribution < -0.4 is 10.1 Å². The van der Waals surface area contributed by atoms with Gasteiger partial charge in [-0.15, -0.1) is 0 Å². The number of nitrogens with one attached hydrogen (secondary N) is 1. The highest BCUT2D eigenvalue weighted by molar-refractivity contribution is 5.45. The average molecular weight is 245 g/mol. The molecule has 0 unspecified atom stereocenters. The van der Waals surface area contributed by atoms with Crippen molar-refractivity contribution >= 4 is 0 Å². The zero-order valence-corrected chi connectivity index (χ0v) is 10.1. The second-order valence-corrected chi connectivity index (χ2v) is 3.77. The molecule has 0 aliphatic rings. The number of methoxy groups -OCH3 is 1. The number of nitrogens with zero attached hydrogens (tertiary/aromatic N) is 2. The maximum atomic E-state index is 9.90. The summed E-state index contributed by atoms with van der Waals surface area (Å²) in [5.74, 6) is 0.659. The third-order valence-corrected chi connectivity index (χ3v) is 2.57. The topological polar surface area (TPSA) is 67.3 Å². The monoisotopic (exact) mass is 245 g/mol. The van der Waals surface area contributed by atoms with E-state index < -0.39 is 0 Å². The van der Waals surface area contributed by atoms with E-state index in [0.29, 0.717) is 18.8 Å². The van der Waals surface area contributed by atoms with Crippen LogP contribution in [0.3, 0.4) is 0 Å². The summed E-state index contributed by atoms with van der Waals surface area (Å²) >= 11 is 0. The molecule has 0 saturated carbocycles. The van der Waals surface area contributed by atoms with Crippen LogP contribution in [0.1, 0.15) is 11.3 Å². The highest BCUT2D eigenvalue weighted by Crippen LogP contribution is 2.29. The van der Waals surface area contributed by atoms with Crippen molar-refractivity contribution < 1.29 is 9.84 Å². The summed E-state index contributed by atoms with van der Waals surface area (Å²) in [5, 5.41) is 13.1. The van der Waals surface area contributed by atoms with Crippen LogP contribution in [-0.4, -0.2) is 22.2 Å². The van der Waals surface area contributed by atoms with Gasteiger partial charge in [-0.2, -0.15) is 0 Å². The van der Waals surface area contributed by atoms with E-state index >= 15 is 0 Å². The molecule has 5 nitrogen and oxygen atoms in total. The number of para-hydroxylation sites is 1. The van der Waals surface area contributed by atoms with Gasteiger partial charge in [0.25, 0.3) is 0 Å². The lowest BCUT2D eigenvalue weighted by Gasteiger charge is -2.09. The summed E-state index contributed by atoms with van der Waals surface area (Å²) < 4.78 is 5.05. The minimum Gasteiger partial charge on any atom is -0.504 e. The molecular formula is C13H15N3O2. The molecule has 0 aliphatic carbocycles. The van der Waals surface area contributed by atoms with Crippen LogP contribution in [0.15, 0.2) is 36.8 Å². The van der Waals surface area contributed by atoms with E-state index in [0.717, 1.165) is 11.3 Å². The van der Waals surface area contributed by atoms with Crippen molar-refractivity contribution in [1.29, 1.82) is 0 Å². The Balaban J connectivity index is 1.95. The van der Waals surface area contributed by atoms with Gasteiger partial charge in [-0.3, -0.25) is 0 Å². The lowest BCUT2D eigenvalue weighted by atomic mass is 10.2. The van der Waals surface area contributed by atoms with Gasteiger partial charge in [-0.05, 0) is 12.1 Å². The highest BCUT2D eigenvalue weighted by Gasteiger charge is 2.06. The number of aromatic nitrogens is 2. The molecule has 1 heterocycles. The molecule has 0 atom stereocenters. The van der Waals surface area contributed by atoms with Crippen molar-refractivity contribution in [1.82, 2.24) is 15.3 Å². The molecule has 0 bridgehead atoms. The van der Waals surface area contributed by atoms with E-state index in [2.05, 4.69) is 15.3 Å². The van der Waals surface area contributed by atoms with E-state index in [1.165, 1.54) is 13.4 Å². The molecule has 0 saturated heterocycles. The fourth-order valence-electron chi connectivity index (χ4n) is 1.62. The van der Waals surface area contributed by atoms with E-state index in [1.807, 2.05) is 18.2 Å². The normalized spacial score (nSPS) is 10.3. The first-order valence-corrected chi connectivity index (χ1v) is 5.61. The van der Waals surface area contributed by atoms with Gasteiger partial charge in [0.05, 0.1) is 12.8 Å². The Bertz CT molecular complexity index is 503. The van der Waals surface area contributed by atoms with E-state index in [1.54, 1.807) is 12.3 Å². The number of ether oxygens (including phenoxy) is 1. The molecule has 0 spiro atoms. The number of hydrogen-bond acceptors (Lipinski definition) is 5. The Labute approximate surface area is 105 Å². The number of rotatable bonds is 5. The van der Waals surface area contributed by atoms with Gasteiger partial charge in [0.2, 0.25) is 0 Å². The van der Waals surface area contributed by atoms with Gasteiger partial charge < -0.3 is 15.2 Å². The van der Waals surface area contributed by atoms with Crippen LogP contribution in [0.4, 0.5) is 0 Å². The Morgan fingerprint density at radius 1 is 1.28 bits per heavy atom. The second-order valence-electron chi connectivity index (χ2n) is 3.77. The molecule has 2 rings (SSSR count). The Kier molecular flexibility index (Phi) is 4.09. The molecule has 0 radical (unpaired) electrons. The maximum absolute atomic E-state index is 9.90. The molecular weight excluding hydrogens is 230 g/mol. The summed E-state index contributed by atoms with van der Waals surface area (Å²) in [6.07, 6.45) is 3.22. The molecule has 0 aliphatic heterocycles. The van der Waals surface area contributed by atoms with Crippen LogP contribution in [-0.2, 0) is 13.1 Å². The molecule has 0 fully saturated rings. The first-order chi connectivity index (χ1) is 8.81. The fourth-order valence-corrected chi connectivity index (χ4v) is 1.62. The predicted molar refractivity (Wildman–Crippen MR) is 67.2 cm³/mol. The van der Waals surface area contributed by atoms with E-state index in [-0.39, 0.29) is 5.75 Å². The van der Waals surface area contributed by atoms with E-state index in [9.17, 15) is 5.11 Å². The lowest BCUT2D eigenvalue weighted by Crippen LogP contribution is -2.13. The van der Waals surface area contributed by atoms with Gasteiger partial charge in [0.1, 0.15) is 6.33 Å². The summed E-state index contributed by atoms with van der Waals surface area (Å²) in [6.45, 7) is 1.17. The molecule has 18 heavy (non-hydrogen) atoms. The number of aromatic hydroxyl groups is 1. The Morgan fingerprint density at radius 2 is 2.17 bits per heavy atom. The maximum Gasteiger partial charge on any atom is 0.162 e. The van der Waals surface area contributed by atoms with Crippen LogP contribution in [0.2, 0.25) is 0 Å². The zero-order chi connectivity index (χ0) is 12.8. The smallest absolute Gasteiger partial charge is 0.162 e. The molecule has 5 heteroatoms. The molecule has 2 aromatic rings. The van der Waals surface area contributed by atoms with Crippen LogP contribution >= 0.6 is 0 Å². The number of hydrogen-bond donors (Lipinski definition) is 2. The van der Waals surface area contributed by atoms with Gasteiger partial charge in [-0.1, -0.05) is 12.1 Å². The predicted octanol–water partition coefficient (Wildman–Crippen LogP) is 1.48. The third kappa shape index (κ3) is 2.95. The summed E-state index contributed by atoms with van der Waals surface area (Å²) in [4.78, 5) is 7.96. The summed E-state index contributed by atoms with van der Waals surface area (Å²) in [6, 6.07) is 7.27. The summed E-state index contributed by atoms with van der Waals surface area (Å²) in [5.41, 5.74) is 1.70. The molecule has 1 aromatic heterocycles. The SMILES string of the molecule is COc1cccc(CNCc2ccncn2)c1O. The van der Waals surface area contributed by atoms with Crippen molar-refractivity contribution in [2.45, 2.75) is 13.1 Å². The van der Waals surface area contributed by atoms with Crippen molar-refractivity contribution in [3.8, 4) is 11.5 Å². The van der Waals surface area contributed by atoms with E-state index in [4.69, 9.17) is 4.74 Å². The van der Waals surface area contributed by atoms with Crippen molar-refractivity contribution in [3.05, 3.63) is 48.0 Å². The molecule has 0 amide bonds. The van der Waals surface area contributed by atoms with Crippen molar-refractivity contribution in [3.63, 3.8) is 0 Å². The highest BCUT2D eigenvalue weighted by atomic mass is 16.5. The third-order valence-electron chi connectivity index (χ3n) is 2.57. The minimum absolute atomic E-state index is 0.176. The van der Waals surface area contributed by atoms with Gasteiger partial charge in [0, 0.05) is 24.8 Å². The summed E-state index contributed by atoms with van der Waals surface area (Å²) in [7, 11) is 1.53. The first kappa shape index (κ1) is 12.3. The van der Waals surface area contributed by atoms with Gasteiger partial charge in [0.15, 0.2) is 11.5 Å². The van der Waals surface area contributed by atoms with Gasteiger partial charge >= 0.3 is 0 Å². The second kappa shape index (κ2) is 5.97. The Hall–Kier alpha value is -2.14. The van der Waals surface area contributed by atoms with Crippen LogP contribution in [0.25, 0.3) is 0 Å². The standard InChI is InChI=1S/C13H15N3O2/c1-18-12-4-2-3-10(13(12)17)7-15-8-11-5-6-14-9-16-11/h2-6,9,15,17H,7-8H2,1H3. The van der Waals surface area contributed by atoms with Crippen LogP contribution in [0, 0.1) is 0 Å². The van der Waals surface area contributed by atoms with Crippen molar-refractivity contribution in [2.24, 2.45) is 0 Å². The molecule has 1 aromatic carbocycles. The quantitative estimate of drug-likeness (QED) is 0.835.